The van der Waals surface area contributed by atoms with E-state index < -0.39 is 11.4 Å². The van der Waals surface area contributed by atoms with E-state index in [9.17, 15) is 14.7 Å². The summed E-state index contributed by atoms with van der Waals surface area (Å²) in [5, 5.41) is 10.6. The van der Waals surface area contributed by atoms with Gasteiger partial charge in [-0.1, -0.05) is 34.6 Å². The van der Waals surface area contributed by atoms with Crippen LogP contribution in [0.1, 0.15) is 61.4 Å². The lowest BCUT2D eigenvalue weighted by atomic mass is 9.76. The molecule has 1 N–H and O–H groups in total. The molecule has 1 aromatic rings. The predicted molar refractivity (Wildman–Crippen MR) is 91.0 cm³/mol. The number of aryl methyl sites for hydroxylation is 1. The number of nitrogens with zero attached hydrogens (tertiary/aromatic N) is 2. The molecule has 0 radical (unpaired) electrons. The minimum absolute atomic E-state index is 0.00880. The van der Waals surface area contributed by atoms with Crippen molar-refractivity contribution in [1.82, 2.24) is 9.88 Å². The molecular formula is C17H26N2O3S. The van der Waals surface area contributed by atoms with E-state index >= 15 is 0 Å². The van der Waals surface area contributed by atoms with E-state index in [-0.39, 0.29) is 23.8 Å². The number of carbonyl (C=O) groups is 2. The highest BCUT2D eigenvalue weighted by atomic mass is 32.1. The Morgan fingerprint density at radius 1 is 1.35 bits per heavy atom. The van der Waals surface area contributed by atoms with E-state index in [2.05, 4.69) is 25.8 Å². The van der Waals surface area contributed by atoms with Crippen LogP contribution in [0.4, 0.5) is 0 Å². The molecular weight excluding hydrogens is 312 g/mol. The van der Waals surface area contributed by atoms with Gasteiger partial charge in [-0.15, -0.1) is 11.3 Å². The summed E-state index contributed by atoms with van der Waals surface area (Å²) in [4.78, 5) is 31.4. The number of hydrogen-bond acceptors (Lipinski definition) is 4. The van der Waals surface area contributed by atoms with E-state index in [0.717, 1.165) is 10.7 Å². The molecule has 1 amide bonds. The van der Waals surface area contributed by atoms with Gasteiger partial charge < -0.3 is 10.0 Å². The number of carboxylic acids is 1. The summed E-state index contributed by atoms with van der Waals surface area (Å²) in [6, 6.07) is 0. The fourth-order valence-corrected chi connectivity index (χ4v) is 4.05. The first-order chi connectivity index (χ1) is 10.5. The molecule has 5 nitrogen and oxygen atoms in total. The Hall–Kier alpha value is -1.43. The summed E-state index contributed by atoms with van der Waals surface area (Å²) < 4.78 is 0. The number of thiazole rings is 1. The molecule has 1 fully saturated rings. The summed E-state index contributed by atoms with van der Waals surface area (Å²) in [5.74, 6) is -0.899. The minimum Gasteiger partial charge on any atom is -0.481 e. The van der Waals surface area contributed by atoms with E-state index in [0.29, 0.717) is 17.8 Å². The Morgan fingerprint density at radius 2 is 1.96 bits per heavy atom. The fraction of sp³-hybridized carbons (Fsp3) is 0.706. The zero-order chi connectivity index (χ0) is 17.6. The first-order valence-corrected chi connectivity index (χ1v) is 8.81. The zero-order valence-electron chi connectivity index (χ0n) is 14.8. The maximum Gasteiger partial charge on any atom is 0.311 e. The number of aliphatic carboxylic acids is 1. The predicted octanol–water partition coefficient (Wildman–Crippen LogP) is 3.32. The average Bonchev–Trinajstić information content (AvgIpc) is 3.01. The molecule has 2 heterocycles. The second-order valence-electron chi connectivity index (χ2n) is 7.78. The SMILES string of the molecule is Cc1nc(C(C)(C)C)sc1C(=O)N1CCC(C(=O)O)(C(C)C)C1. The molecule has 6 heteroatoms. The van der Waals surface area contributed by atoms with Gasteiger partial charge in [0.15, 0.2) is 0 Å². The van der Waals surface area contributed by atoms with Crippen molar-refractivity contribution in [3.63, 3.8) is 0 Å². The molecule has 0 bridgehead atoms. The Labute approximate surface area is 141 Å². The van der Waals surface area contributed by atoms with Crippen LogP contribution in [0.25, 0.3) is 0 Å². The third-order valence-electron chi connectivity index (χ3n) is 4.75. The van der Waals surface area contributed by atoms with Gasteiger partial charge in [-0.3, -0.25) is 9.59 Å². The average molecular weight is 338 g/mol. The van der Waals surface area contributed by atoms with E-state index in [4.69, 9.17) is 0 Å². The summed E-state index contributed by atoms with van der Waals surface area (Å²) in [6.07, 6.45) is 0.510. The van der Waals surface area contributed by atoms with Gasteiger partial charge in [0.25, 0.3) is 5.91 Å². The normalized spacial score (nSPS) is 22.0. The monoisotopic (exact) mass is 338 g/mol. The maximum atomic E-state index is 12.8. The lowest BCUT2D eigenvalue weighted by Gasteiger charge is -2.28. The van der Waals surface area contributed by atoms with Crippen LogP contribution in [0.15, 0.2) is 0 Å². The number of aromatic nitrogens is 1. The Balaban J connectivity index is 2.26. The largest absolute Gasteiger partial charge is 0.481 e. The van der Waals surface area contributed by atoms with Gasteiger partial charge >= 0.3 is 5.97 Å². The van der Waals surface area contributed by atoms with Crippen molar-refractivity contribution in [3.8, 4) is 0 Å². The van der Waals surface area contributed by atoms with Crippen LogP contribution in [-0.2, 0) is 10.2 Å². The van der Waals surface area contributed by atoms with Gasteiger partial charge in [-0.25, -0.2) is 4.98 Å². The summed E-state index contributed by atoms with van der Waals surface area (Å²) in [6.45, 7) is 12.7. The van der Waals surface area contributed by atoms with Crippen molar-refractivity contribution >= 4 is 23.2 Å². The van der Waals surface area contributed by atoms with Crippen LogP contribution < -0.4 is 0 Å². The van der Waals surface area contributed by atoms with Crippen molar-refractivity contribution in [2.75, 3.05) is 13.1 Å². The molecule has 1 aliphatic heterocycles. The summed E-state index contributed by atoms with van der Waals surface area (Å²) >= 11 is 1.43. The van der Waals surface area contributed by atoms with Gasteiger partial charge in [0, 0.05) is 18.5 Å². The van der Waals surface area contributed by atoms with Crippen molar-refractivity contribution in [2.45, 2.75) is 53.4 Å². The molecule has 1 unspecified atom stereocenters. The molecule has 1 saturated heterocycles. The number of hydrogen-bond donors (Lipinski definition) is 1. The maximum absolute atomic E-state index is 12.8. The summed E-state index contributed by atoms with van der Waals surface area (Å²) in [5.41, 5.74) is -0.190. The van der Waals surface area contributed by atoms with Gasteiger partial charge in [-0.2, -0.15) is 0 Å². The van der Waals surface area contributed by atoms with Gasteiger partial charge in [-0.05, 0) is 19.3 Å². The van der Waals surface area contributed by atoms with E-state index in [1.807, 2.05) is 20.8 Å². The molecule has 23 heavy (non-hydrogen) atoms. The molecule has 0 aliphatic carbocycles. The van der Waals surface area contributed by atoms with Gasteiger partial charge in [0.05, 0.1) is 16.1 Å². The molecule has 1 aromatic heterocycles. The topological polar surface area (TPSA) is 70.5 Å². The van der Waals surface area contributed by atoms with Crippen LogP contribution in [0.5, 0.6) is 0 Å². The molecule has 0 aromatic carbocycles. The van der Waals surface area contributed by atoms with Crippen LogP contribution in [-0.4, -0.2) is 40.0 Å². The fourth-order valence-electron chi connectivity index (χ4n) is 2.96. The number of carboxylic acid groups (broad SMARTS) is 1. The van der Waals surface area contributed by atoms with Crippen LogP contribution in [0, 0.1) is 18.3 Å². The smallest absolute Gasteiger partial charge is 0.311 e. The number of likely N-dealkylation sites (tertiary alicyclic amines) is 1. The Kier molecular flexibility index (Phi) is 4.59. The number of rotatable bonds is 3. The van der Waals surface area contributed by atoms with Crippen LogP contribution in [0.3, 0.4) is 0 Å². The van der Waals surface area contributed by atoms with Crippen molar-refractivity contribution < 1.29 is 14.7 Å². The Bertz CT molecular complexity index is 630. The highest BCUT2D eigenvalue weighted by Gasteiger charge is 2.48. The van der Waals surface area contributed by atoms with Gasteiger partial charge in [0.2, 0.25) is 0 Å². The summed E-state index contributed by atoms with van der Waals surface area (Å²) in [7, 11) is 0. The molecule has 128 valence electrons. The number of amides is 1. The lowest BCUT2D eigenvalue weighted by Crippen LogP contribution is -2.40. The highest BCUT2D eigenvalue weighted by molar-refractivity contribution is 7.14. The van der Waals surface area contributed by atoms with Gasteiger partial charge in [0.1, 0.15) is 4.88 Å². The van der Waals surface area contributed by atoms with Crippen molar-refractivity contribution in [1.29, 1.82) is 0 Å². The molecule has 0 saturated carbocycles. The lowest BCUT2D eigenvalue weighted by molar-refractivity contribution is -0.150. The minimum atomic E-state index is -0.832. The first-order valence-electron chi connectivity index (χ1n) is 7.99. The quantitative estimate of drug-likeness (QED) is 0.918. The van der Waals surface area contributed by atoms with Crippen LogP contribution in [0.2, 0.25) is 0 Å². The molecule has 1 aliphatic rings. The van der Waals surface area contributed by atoms with Crippen molar-refractivity contribution in [2.24, 2.45) is 11.3 Å². The molecule has 2 rings (SSSR count). The standard InChI is InChI=1S/C17H26N2O3S/c1-10(2)17(15(21)22)7-8-19(9-17)13(20)12-11(3)18-14(23-12)16(4,5)6/h10H,7-9H2,1-6H3,(H,21,22). The Morgan fingerprint density at radius 3 is 2.35 bits per heavy atom. The number of carbonyl (C=O) groups excluding carboxylic acids is 1. The second kappa shape index (κ2) is 5.89. The third kappa shape index (κ3) is 3.13. The highest BCUT2D eigenvalue weighted by Crippen LogP contribution is 2.39. The second-order valence-corrected chi connectivity index (χ2v) is 8.78. The van der Waals surface area contributed by atoms with E-state index in [1.165, 1.54) is 11.3 Å². The zero-order valence-corrected chi connectivity index (χ0v) is 15.6. The van der Waals surface area contributed by atoms with Crippen LogP contribution >= 0.6 is 11.3 Å². The third-order valence-corrected chi connectivity index (χ3v) is 6.32. The first kappa shape index (κ1) is 17.9. The molecule has 0 spiro atoms. The van der Waals surface area contributed by atoms with Crippen molar-refractivity contribution in [3.05, 3.63) is 15.6 Å². The molecule has 1 atom stereocenters. The van der Waals surface area contributed by atoms with E-state index in [1.54, 1.807) is 4.90 Å².